The Morgan fingerprint density at radius 2 is 1.68 bits per heavy atom. The minimum atomic E-state index is -4.04. The van der Waals surface area contributed by atoms with Crippen LogP contribution in [0.5, 0.6) is 0 Å². The van der Waals surface area contributed by atoms with Gasteiger partial charge in [-0.3, -0.25) is 23.5 Å². The average molecular weight is 546 g/mol. The van der Waals surface area contributed by atoms with Crippen molar-refractivity contribution in [3.63, 3.8) is 0 Å². The van der Waals surface area contributed by atoms with Gasteiger partial charge >= 0.3 is 13.6 Å². The van der Waals surface area contributed by atoms with Crippen LogP contribution in [0.3, 0.4) is 0 Å². The van der Waals surface area contributed by atoms with Gasteiger partial charge in [-0.1, -0.05) is 46.0 Å². The molecular weight excluding hydrogens is 501 g/mol. The van der Waals surface area contributed by atoms with Gasteiger partial charge in [-0.25, -0.2) is 4.79 Å². The molecule has 0 radical (unpaired) electrons. The van der Waals surface area contributed by atoms with Gasteiger partial charge in [0.15, 0.2) is 0 Å². The minimum Gasteiger partial charge on any atom is -0.480 e. The molecule has 0 aromatic heterocycles. The van der Waals surface area contributed by atoms with E-state index in [4.69, 9.17) is 9.05 Å². The first-order chi connectivity index (χ1) is 17.6. The molecule has 0 aromatic carbocycles. The van der Waals surface area contributed by atoms with Crippen LogP contribution < -0.4 is 10.6 Å². The van der Waals surface area contributed by atoms with Crippen molar-refractivity contribution in [1.82, 2.24) is 15.5 Å². The minimum absolute atomic E-state index is 0.0756. The third kappa shape index (κ3) is 8.52. The lowest BCUT2D eigenvalue weighted by atomic mass is 9.84. The molecule has 3 N–H and O–H groups in total. The molecular formula is C25H44N3O8P. The highest BCUT2D eigenvalue weighted by molar-refractivity contribution is 7.54. The molecule has 1 saturated carbocycles. The molecule has 3 unspecified atom stereocenters. The van der Waals surface area contributed by atoms with Crippen LogP contribution in [0, 0.1) is 5.92 Å². The number of carbonyl (C=O) groups is 4. The van der Waals surface area contributed by atoms with Crippen molar-refractivity contribution in [3.8, 4) is 0 Å². The summed E-state index contributed by atoms with van der Waals surface area (Å²) in [7, 11) is -2.84. The lowest BCUT2D eigenvalue weighted by molar-refractivity contribution is -0.151. The molecule has 1 aliphatic carbocycles. The van der Waals surface area contributed by atoms with Crippen LogP contribution in [0.2, 0.25) is 0 Å². The van der Waals surface area contributed by atoms with Gasteiger partial charge in [0.2, 0.25) is 11.8 Å². The van der Waals surface area contributed by atoms with E-state index >= 15 is 0 Å². The van der Waals surface area contributed by atoms with Crippen molar-refractivity contribution >= 4 is 31.3 Å². The van der Waals surface area contributed by atoms with Gasteiger partial charge in [0.1, 0.15) is 24.0 Å². The van der Waals surface area contributed by atoms with E-state index in [1.54, 1.807) is 0 Å². The molecule has 2 aliphatic rings. The summed E-state index contributed by atoms with van der Waals surface area (Å²) < 4.78 is 24.9. The SMILES string of the molecule is CCCCC(NC(=O)C1CCC1)C(=O)N[C@H](CCCC)P(=O)(OC)OC(C)C(=O)N1CCC[C@H]1C(=O)O. The van der Waals surface area contributed by atoms with Gasteiger partial charge in [0.25, 0.3) is 5.91 Å². The van der Waals surface area contributed by atoms with Crippen LogP contribution in [0.25, 0.3) is 0 Å². The summed E-state index contributed by atoms with van der Waals surface area (Å²) in [6.07, 6.45) is 5.96. The number of carboxylic acid groups (broad SMARTS) is 1. The average Bonchev–Trinajstić information content (AvgIpc) is 3.32. The lowest BCUT2D eigenvalue weighted by Crippen LogP contribution is -2.52. The van der Waals surface area contributed by atoms with Crippen molar-refractivity contribution in [3.05, 3.63) is 0 Å². The van der Waals surface area contributed by atoms with Crippen LogP contribution in [-0.4, -0.2) is 71.3 Å². The maximum absolute atomic E-state index is 13.9. The van der Waals surface area contributed by atoms with Crippen LogP contribution in [0.15, 0.2) is 0 Å². The number of unbranched alkanes of at least 4 members (excludes halogenated alkanes) is 2. The zero-order valence-corrected chi connectivity index (χ0v) is 23.5. The quantitative estimate of drug-likeness (QED) is 0.250. The molecule has 11 nitrogen and oxygen atoms in total. The molecule has 5 atom stereocenters. The molecule has 0 spiro atoms. The van der Waals surface area contributed by atoms with E-state index in [0.29, 0.717) is 25.7 Å². The Hall–Kier alpha value is -1.97. The molecule has 1 heterocycles. The summed E-state index contributed by atoms with van der Waals surface area (Å²) in [6, 6.07) is -1.72. The van der Waals surface area contributed by atoms with E-state index in [9.17, 15) is 28.8 Å². The lowest BCUT2D eigenvalue weighted by Gasteiger charge is -2.32. The van der Waals surface area contributed by atoms with Crippen molar-refractivity contribution in [2.45, 2.75) is 115 Å². The van der Waals surface area contributed by atoms with Gasteiger partial charge in [-0.15, -0.1) is 0 Å². The maximum Gasteiger partial charge on any atom is 0.353 e. The second kappa shape index (κ2) is 14.8. The van der Waals surface area contributed by atoms with Gasteiger partial charge in [0, 0.05) is 19.6 Å². The van der Waals surface area contributed by atoms with E-state index in [0.717, 1.165) is 38.5 Å². The second-order valence-electron chi connectivity index (χ2n) is 10.00. The van der Waals surface area contributed by atoms with Crippen LogP contribution in [0.4, 0.5) is 0 Å². The summed E-state index contributed by atoms with van der Waals surface area (Å²) in [5.74, 6) is -3.39. The van der Waals surface area contributed by atoms with Crippen LogP contribution >= 0.6 is 7.60 Å². The van der Waals surface area contributed by atoms with Gasteiger partial charge in [-0.2, -0.15) is 0 Å². The van der Waals surface area contributed by atoms with E-state index < -0.39 is 49.4 Å². The molecule has 37 heavy (non-hydrogen) atoms. The van der Waals surface area contributed by atoms with E-state index in [-0.39, 0.29) is 24.8 Å². The Labute approximate surface area is 219 Å². The molecule has 1 saturated heterocycles. The predicted octanol–water partition coefficient (Wildman–Crippen LogP) is 3.41. The molecule has 0 aromatic rings. The Kier molecular flexibility index (Phi) is 12.5. The van der Waals surface area contributed by atoms with Gasteiger partial charge < -0.3 is 25.2 Å². The van der Waals surface area contributed by atoms with Crippen molar-refractivity contribution in [1.29, 1.82) is 0 Å². The number of amides is 3. The summed E-state index contributed by atoms with van der Waals surface area (Å²) in [4.78, 5) is 51.6. The molecule has 3 amide bonds. The summed E-state index contributed by atoms with van der Waals surface area (Å²) >= 11 is 0. The second-order valence-corrected chi connectivity index (χ2v) is 12.3. The largest absolute Gasteiger partial charge is 0.480 e. The van der Waals surface area contributed by atoms with Gasteiger partial charge in [0.05, 0.1) is 0 Å². The third-order valence-electron chi connectivity index (χ3n) is 7.21. The van der Waals surface area contributed by atoms with E-state index in [1.807, 2.05) is 13.8 Å². The zero-order chi connectivity index (χ0) is 27.6. The highest BCUT2D eigenvalue weighted by Gasteiger charge is 2.43. The normalized spacial score (nSPS) is 21.8. The van der Waals surface area contributed by atoms with Crippen molar-refractivity contribution in [2.75, 3.05) is 13.7 Å². The molecule has 12 heteroatoms. The molecule has 212 valence electrons. The number of hydrogen-bond acceptors (Lipinski definition) is 7. The Morgan fingerprint density at radius 1 is 1.03 bits per heavy atom. The molecule has 2 fully saturated rings. The van der Waals surface area contributed by atoms with Crippen LogP contribution in [-0.2, 0) is 32.8 Å². The van der Waals surface area contributed by atoms with E-state index in [2.05, 4.69) is 10.6 Å². The number of hydrogen-bond donors (Lipinski definition) is 3. The first kappa shape index (κ1) is 31.2. The fourth-order valence-electron chi connectivity index (χ4n) is 4.64. The number of nitrogens with zero attached hydrogens (tertiary/aromatic N) is 1. The number of nitrogens with one attached hydrogen (secondary N) is 2. The smallest absolute Gasteiger partial charge is 0.353 e. The number of carboxylic acids is 1. The van der Waals surface area contributed by atoms with Gasteiger partial charge in [-0.05, 0) is 45.4 Å². The summed E-state index contributed by atoms with van der Waals surface area (Å²) in [5, 5.41) is 15.1. The standard InChI is InChI=1S/C25H44N3O8P/c1-5-7-13-19(26-22(29)18-11-9-12-18)23(30)27-21(15-8-6-2)37(34,35-4)36-17(3)24(31)28-16-10-14-20(28)25(32)33/h17-21H,5-16H2,1-4H3,(H,26,29)(H,27,30)(H,32,33)/t17?,19?,20-,21-,37?/m0/s1. The highest BCUT2D eigenvalue weighted by atomic mass is 31.2. The third-order valence-corrected chi connectivity index (χ3v) is 9.48. The zero-order valence-electron chi connectivity index (χ0n) is 22.6. The summed E-state index contributed by atoms with van der Waals surface area (Å²) in [5.41, 5.74) is 0. The predicted molar refractivity (Wildman–Crippen MR) is 138 cm³/mol. The first-order valence-corrected chi connectivity index (χ1v) is 15.2. The fraction of sp³-hybridized carbons (Fsp3) is 0.840. The topological polar surface area (TPSA) is 151 Å². The van der Waals surface area contributed by atoms with Crippen molar-refractivity contribution < 1.29 is 37.9 Å². The summed E-state index contributed by atoms with van der Waals surface area (Å²) in [6.45, 7) is 5.63. The highest BCUT2D eigenvalue weighted by Crippen LogP contribution is 2.54. The number of aliphatic carboxylic acids is 1. The first-order valence-electron chi connectivity index (χ1n) is 13.6. The number of carbonyl (C=O) groups excluding carboxylic acids is 3. The fourth-order valence-corrected chi connectivity index (χ4v) is 6.44. The monoisotopic (exact) mass is 545 g/mol. The Bertz CT molecular complexity index is 850. The number of rotatable bonds is 16. The van der Waals surface area contributed by atoms with Crippen LogP contribution in [0.1, 0.15) is 91.4 Å². The molecule has 0 bridgehead atoms. The Balaban J connectivity index is 2.16. The number of likely N-dealkylation sites (tertiary alicyclic amines) is 1. The molecule has 1 aliphatic heterocycles. The molecule has 2 rings (SSSR count). The maximum atomic E-state index is 13.9. The van der Waals surface area contributed by atoms with E-state index in [1.165, 1.54) is 18.9 Å². The Morgan fingerprint density at radius 3 is 2.22 bits per heavy atom. The van der Waals surface area contributed by atoms with Crippen molar-refractivity contribution in [2.24, 2.45) is 5.92 Å².